The zero-order chi connectivity index (χ0) is 20.7. The average Bonchev–Trinajstić information content (AvgIpc) is 2.63. The van der Waals surface area contributed by atoms with Gasteiger partial charge in [0, 0.05) is 25.1 Å². The molecular weight excluding hydrogens is 366 g/mol. The second-order valence-electron chi connectivity index (χ2n) is 6.44. The summed E-state index contributed by atoms with van der Waals surface area (Å²) in [6.07, 6.45) is -0.00958. The first kappa shape index (κ1) is 21.3. The molecule has 0 saturated carbocycles. The zero-order valence-electron chi connectivity index (χ0n) is 15.8. The molecule has 0 bridgehead atoms. The monoisotopic (exact) mass is 391 g/mol. The quantitative estimate of drug-likeness (QED) is 0.309. The number of carboxylic acids is 1. The number of aliphatic hydroxyl groups is 1. The molecule has 0 aliphatic carbocycles. The third-order valence-electron chi connectivity index (χ3n) is 3.91. The van der Waals surface area contributed by atoms with Crippen LogP contribution in [0.2, 0.25) is 0 Å². The highest BCUT2D eigenvalue weighted by atomic mass is 16.5. The summed E-state index contributed by atoms with van der Waals surface area (Å²) in [7, 11) is 0. The van der Waals surface area contributed by atoms with E-state index in [-0.39, 0.29) is 36.0 Å². The first-order valence-electron chi connectivity index (χ1n) is 8.91. The molecule has 2 rings (SSSR count). The van der Waals surface area contributed by atoms with E-state index in [0.29, 0.717) is 12.2 Å². The minimum atomic E-state index is -1.69. The van der Waals surface area contributed by atoms with Crippen LogP contribution in [0.4, 0.5) is 0 Å². The number of aliphatic hydroxyl groups excluding tert-OH is 1. The fourth-order valence-corrected chi connectivity index (χ4v) is 2.57. The summed E-state index contributed by atoms with van der Waals surface area (Å²) in [6.45, 7) is 3.43. The van der Waals surface area contributed by atoms with E-state index in [1.54, 1.807) is 25.1 Å². The number of phenols is 2. The Bertz CT molecular complexity index is 809. The van der Waals surface area contributed by atoms with Crippen molar-refractivity contribution in [2.24, 2.45) is 0 Å². The van der Waals surface area contributed by atoms with Gasteiger partial charge in [-0.3, -0.25) is 5.32 Å². The Labute approximate surface area is 163 Å². The van der Waals surface area contributed by atoms with E-state index < -0.39 is 17.8 Å². The lowest BCUT2D eigenvalue weighted by molar-refractivity contribution is -0.160. The molecule has 0 aliphatic heterocycles. The van der Waals surface area contributed by atoms with Crippen LogP contribution in [-0.2, 0) is 4.79 Å². The van der Waals surface area contributed by atoms with Crippen LogP contribution in [0, 0.1) is 0 Å². The molecule has 2 atom stereocenters. The number of hydrogen-bond donors (Lipinski definition) is 5. The standard InChI is InChI=1S/C20H25NO7/c1-3-9-20(19(25)26,21-12-13(2)22)28-16-6-4-5-14(10-16)27-15-7-8-17(23)18(24)11-15/h4-8,10-11,13,21-24H,3,9,12H2,1-2H3,(H,25,26). The van der Waals surface area contributed by atoms with Gasteiger partial charge in [-0.05, 0) is 31.2 Å². The first-order valence-corrected chi connectivity index (χ1v) is 8.91. The van der Waals surface area contributed by atoms with Gasteiger partial charge in [-0.15, -0.1) is 0 Å². The third kappa shape index (κ3) is 5.51. The Balaban J connectivity index is 2.24. The van der Waals surface area contributed by atoms with Crippen molar-refractivity contribution < 1.29 is 34.7 Å². The summed E-state index contributed by atoms with van der Waals surface area (Å²) in [5.74, 6) is -0.870. The van der Waals surface area contributed by atoms with Gasteiger partial charge in [0.05, 0.1) is 6.10 Å². The lowest BCUT2D eigenvalue weighted by atomic mass is 10.1. The number of phenolic OH excluding ortho intramolecular Hbond substituents is 2. The Kier molecular flexibility index (Phi) is 7.08. The maximum absolute atomic E-state index is 11.9. The van der Waals surface area contributed by atoms with Gasteiger partial charge in [-0.25, -0.2) is 4.79 Å². The van der Waals surface area contributed by atoms with E-state index in [4.69, 9.17) is 9.47 Å². The van der Waals surface area contributed by atoms with Gasteiger partial charge < -0.3 is 29.9 Å². The fraction of sp³-hybridized carbons (Fsp3) is 0.350. The number of aliphatic carboxylic acids is 1. The van der Waals surface area contributed by atoms with Crippen LogP contribution in [0.1, 0.15) is 26.7 Å². The molecule has 0 heterocycles. The molecule has 0 fully saturated rings. The van der Waals surface area contributed by atoms with Crippen LogP contribution in [-0.4, -0.2) is 44.8 Å². The number of benzene rings is 2. The third-order valence-corrected chi connectivity index (χ3v) is 3.91. The van der Waals surface area contributed by atoms with E-state index in [1.807, 2.05) is 6.92 Å². The molecule has 0 spiro atoms. The van der Waals surface area contributed by atoms with Gasteiger partial charge in [0.25, 0.3) is 5.72 Å². The summed E-state index contributed by atoms with van der Waals surface area (Å²) < 4.78 is 11.4. The van der Waals surface area contributed by atoms with Crippen molar-refractivity contribution in [2.75, 3.05) is 6.54 Å². The van der Waals surface area contributed by atoms with Crippen LogP contribution >= 0.6 is 0 Å². The predicted molar refractivity (Wildman–Crippen MR) is 102 cm³/mol. The summed E-state index contributed by atoms with van der Waals surface area (Å²) in [6, 6.07) is 10.4. The summed E-state index contributed by atoms with van der Waals surface area (Å²) in [4.78, 5) is 11.9. The van der Waals surface area contributed by atoms with Crippen molar-refractivity contribution in [3.05, 3.63) is 42.5 Å². The summed E-state index contributed by atoms with van der Waals surface area (Å²) in [5.41, 5.74) is -1.69. The van der Waals surface area contributed by atoms with Crippen molar-refractivity contribution in [3.63, 3.8) is 0 Å². The molecule has 2 aromatic rings. The molecule has 5 N–H and O–H groups in total. The number of rotatable bonds is 10. The van der Waals surface area contributed by atoms with Crippen molar-refractivity contribution in [3.8, 4) is 28.7 Å². The topological polar surface area (TPSA) is 128 Å². The lowest BCUT2D eigenvalue weighted by Crippen LogP contribution is -2.58. The highest BCUT2D eigenvalue weighted by Crippen LogP contribution is 2.33. The van der Waals surface area contributed by atoms with E-state index in [2.05, 4.69) is 5.32 Å². The van der Waals surface area contributed by atoms with Gasteiger partial charge in [0.2, 0.25) is 0 Å². The number of aromatic hydroxyl groups is 2. The SMILES string of the molecule is CCCC(NCC(C)O)(Oc1cccc(Oc2ccc(O)c(O)c2)c1)C(=O)O. The molecule has 8 heteroatoms. The second kappa shape index (κ2) is 9.29. The van der Waals surface area contributed by atoms with Crippen LogP contribution in [0.15, 0.2) is 42.5 Å². The van der Waals surface area contributed by atoms with E-state index >= 15 is 0 Å². The molecule has 0 radical (unpaired) electrons. The maximum atomic E-state index is 11.9. The minimum Gasteiger partial charge on any atom is -0.504 e. The van der Waals surface area contributed by atoms with Crippen LogP contribution in [0.3, 0.4) is 0 Å². The molecule has 0 saturated heterocycles. The van der Waals surface area contributed by atoms with Gasteiger partial charge in [-0.2, -0.15) is 0 Å². The zero-order valence-corrected chi connectivity index (χ0v) is 15.8. The molecule has 8 nitrogen and oxygen atoms in total. The molecule has 2 unspecified atom stereocenters. The smallest absolute Gasteiger partial charge is 0.363 e. The predicted octanol–water partition coefficient (Wildman–Crippen LogP) is 2.82. The van der Waals surface area contributed by atoms with Crippen molar-refractivity contribution >= 4 is 5.97 Å². The van der Waals surface area contributed by atoms with Crippen LogP contribution < -0.4 is 14.8 Å². The molecule has 0 aromatic heterocycles. The largest absolute Gasteiger partial charge is 0.504 e. The molecule has 0 amide bonds. The Hall–Kier alpha value is -2.97. The van der Waals surface area contributed by atoms with E-state index in [0.717, 1.165) is 0 Å². The van der Waals surface area contributed by atoms with Gasteiger partial charge >= 0.3 is 5.97 Å². The molecular formula is C20H25NO7. The van der Waals surface area contributed by atoms with E-state index in [9.17, 15) is 25.2 Å². The average molecular weight is 391 g/mol. The highest BCUT2D eigenvalue weighted by Gasteiger charge is 2.40. The van der Waals surface area contributed by atoms with Crippen molar-refractivity contribution in [1.82, 2.24) is 5.32 Å². The molecule has 0 aliphatic rings. The fourth-order valence-electron chi connectivity index (χ4n) is 2.57. The Morgan fingerprint density at radius 1 is 1.11 bits per heavy atom. The van der Waals surface area contributed by atoms with Gasteiger partial charge in [0.1, 0.15) is 17.2 Å². The number of ether oxygens (including phenoxy) is 2. The number of nitrogens with one attached hydrogen (secondary N) is 1. The van der Waals surface area contributed by atoms with Gasteiger partial charge in [-0.1, -0.05) is 19.4 Å². The van der Waals surface area contributed by atoms with Crippen LogP contribution in [0.5, 0.6) is 28.7 Å². The minimum absolute atomic E-state index is 0.0509. The first-order chi connectivity index (χ1) is 13.3. The van der Waals surface area contributed by atoms with Crippen molar-refractivity contribution in [2.45, 2.75) is 38.5 Å². The normalized spacial score (nSPS) is 14.1. The maximum Gasteiger partial charge on any atom is 0.363 e. The Morgan fingerprint density at radius 2 is 1.79 bits per heavy atom. The lowest BCUT2D eigenvalue weighted by Gasteiger charge is -2.31. The van der Waals surface area contributed by atoms with Crippen LogP contribution in [0.25, 0.3) is 0 Å². The number of carbonyl (C=O) groups is 1. The number of carboxylic acid groups (broad SMARTS) is 1. The number of hydrogen-bond acceptors (Lipinski definition) is 7. The summed E-state index contributed by atoms with van der Waals surface area (Å²) >= 11 is 0. The summed E-state index contributed by atoms with van der Waals surface area (Å²) in [5, 5.41) is 41.0. The van der Waals surface area contributed by atoms with Gasteiger partial charge in [0.15, 0.2) is 11.5 Å². The van der Waals surface area contributed by atoms with E-state index in [1.165, 1.54) is 24.3 Å². The van der Waals surface area contributed by atoms with Crippen molar-refractivity contribution in [1.29, 1.82) is 0 Å². The molecule has 28 heavy (non-hydrogen) atoms. The second-order valence-corrected chi connectivity index (χ2v) is 6.44. The highest BCUT2D eigenvalue weighted by molar-refractivity contribution is 5.77. The molecule has 2 aromatic carbocycles. The molecule has 152 valence electrons. The Morgan fingerprint density at radius 3 is 2.39 bits per heavy atom.